The molecular formula is C11H15NO2. The number of methoxy groups -OCH3 is 1. The maximum atomic E-state index is 10.6. The minimum Gasteiger partial charge on any atom is -0.497 e. The molecule has 1 aromatic carbocycles. The molecule has 0 fully saturated rings. The van der Waals surface area contributed by atoms with Gasteiger partial charge in [-0.2, -0.15) is 0 Å². The van der Waals surface area contributed by atoms with E-state index >= 15 is 0 Å². The van der Waals surface area contributed by atoms with Crippen molar-refractivity contribution in [3.05, 3.63) is 29.3 Å². The smallest absolute Gasteiger partial charge is 0.150 e. The molecule has 0 aliphatic heterocycles. The lowest BCUT2D eigenvalue weighted by atomic mass is 10.1. The van der Waals surface area contributed by atoms with E-state index in [4.69, 9.17) is 4.74 Å². The van der Waals surface area contributed by atoms with Gasteiger partial charge in [0.2, 0.25) is 0 Å². The summed E-state index contributed by atoms with van der Waals surface area (Å²) in [7, 11) is 5.57. The molecule has 3 nitrogen and oxygen atoms in total. The van der Waals surface area contributed by atoms with Gasteiger partial charge in [-0.05, 0) is 37.9 Å². The zero-order valence-corrected chi connectivity index (χ0v) is 8.78. The van der Waals surface area contributed by atoms with Gasteiger partial charge in [-0.1, -0.05) is 0 Å². The van der Waals surface area contributed by atoms with Crippen molar-refractivity contribution >= 4 is 6.29 Å². The molecule has 0 saturated heterocycles. The van der Waals surface area contributed by atoms with Crippen molar-refractivity contribution in [1.82, 2.24) is 4.90 Å². The molecule has 0 bridgehead atoms. The third-order valence-corrected chi connectivity index (χ3v) is 1.86. The van der Waals surface area contributed by atoms with Gasteiger partial charge in [-0.15, -0.1) is 0 Å². The molecule has 0 N–H and O–H groups in total. The summed E-state index contributed by atoms with van der Waals surface area (Å²) >= 11 is 0. The van der Waals surface area contributed by atoms with Crippen molar-refractivity contribution in [2.45, 2.75) is 6.54 Å². The highest BCUT2D eigenvalue weighted by atomic mass is 16.5. The summed E-state index contributed by atoms with van der Waals surface area (Å²) in [6.45, 7) is 0.804. The summed E-state index contributed by atoms with van der Waals surface area (Å²) in [6.07, 6.45) is 0.835. The Morgan fingerprint density at radius 1 is 1.36 bits per heavy atom. The summed E-state index contributed by atoms with van der Waals surface area (Å²) in [5.41, 5.74) is 1.73. The number of rotatable bonds is 4. The third kappa shape index (κ3) is 2.85. The molecule has 0 unspecified atom stereocenters. The van der Waals surface area contributed by atoms with Crippen LogP contribution in [-0.4, -0.2) is 32.4 Å². The number of nitrogens with zero attached hydrogens (tertiary/aromatic N) is 1. The predicted molar refractivity (Wildman–Crippen MR) is 55.8 cm³/mol. The molecule has 0 aliphatic rings. The van der Waals surface area contributed by atoms with Crippen LogP contribution in [0, 0.1) is 0 Å². The molecule has 0 spiro atoms. The van der Waals surface area contributed by atoms with Crippen LogP contribution in [-0.2, 0) is 6.54 Å². The number of hydrogen-bond acceptors (Lipinski definition) is 3. The van der Waals surface area contributed by atoms with Gasteiger partial charge in [0.05, 0.1) is 7.11 Å². The zero-order valence-electron chi connectivity index (χ0n) is 8.78. The van der Waals surface area contributed by atoms with Gasteiger partial charge < -0.3 is 9.64 Å². The van der Waals surface area contributed by atoms with E-state index in [1.807, 2.05) is 31.1 Å². The number of ether oxygens (including phenoxy) is 1. The van der Waals surface area contributed by atoms with Gasteiger partial charge in [0.25, 0.3) is 0 Å². The van der Waals surface area contributed by atoms with Gasteiger partial charge in [0.15, 0.2) is 0 Å². The van der Waals surface area contributed by atoms with E-state index in [1.165, 1.54) is 0 Å². The van der Waals surface area contributed by atoms with Gasteiger partial charge >= 0.3 is 0 Å². The van der Waals surface area contributed by atoms with Crippen LogP contribution in [0.2, 0.25) is 0 Å². The lowest BCUT2D eigenvalue weighted by molar-refractivity contribution is 0.112. The minimum absolute atomic E-state index is 0.654. The molecule has 3 heteroatoms. The van der Waals surface area contributed by atoms with Crippen LogP contribution in [0.15, 0.2) is 18.2 Å². The highest BCUT2D eigenvalue weighted by Crippen LogP contribution is 2.16. The largest absolute Gasteiger partial charge is 0.497 e. The molecule has 0 radical (unpaired) electrons. The Labute approximate surface area is 84.3 Å². The molecule has 0 amide bonds. The first-order chi connectivity index (χ1) is 6.65. The maximum absolute atomic E-state index is 10.6. The van der Waals surface area contributed by atoms with E-state index in [2.05, 4.69) is 0 Å². The zero-order chi connectivity index (χ0) is 10.6. The van der Waals surface area contributed by atoms with Crippen molar-refractivity contribution in [1.29, 1.82) is 0 Å². The topological polar surface area (TPSA) is 29.5 Å². The molecule has 0 atom stereocenters. The van der Waals surface area contributed by atoms with E-state index in [9.17, 15) is 4.79 Å². The first-order valence-electron chi connectivity index (χ1n) is 4.43. The van der Waals surface area contributed by atoms with Crippen LogP contribution in [0.5, 0.6) is 5.75 Å². The van der Waals surface area contributed by atoms with Crippen molar-refractivity contribution in [2.24, 2.45) is 0 Å². The van der Waals surface area contributed by atoms with Gasteiger partial charge in [0.1, 0.15) is 12.0 Å². The number of hydrogen-bond donors (Lipinski definition) is 0. The van der Waals surface area contributed by atoms with Crippen LogP contribution in [0.4, 0.5) is 0 Å². The third-order valence-electron chi connectivity index (χ3n) is 1.86. The second-order valence-electron chi connectivity index (χ2n) is 3.47. The summed E-state index contributed by atoms with van der Waals surface area (Å²) in [5.74, 6) is 0.728. The van der Waals surface area contributed by atoms with Crippen LogP contribution in [0.3, 0.4) is 0 Å². The van der Waals surface area contributed by atoms with Gasteiger partial charge in [0, 0.05) is 12.1 Å². The second-order valence-corrected chi connectivity index (χ2v) is 3.47. The maximum Gasteiger partial charge on any atom is 0.150 e. The fraction of sp³-hybridized carbons (Fsp3) is 0.364. The van der Waals surface area contributed by atoms with Gasteiger partial charge in [-0.3, -0.25) is 4.79 Å². The van der Waals surface area contributed by atoms with Crippen LogP contribution in [0.1, 0.15) is 15.9 Å². The van der Waals surface area contributed by atoms with Crippen molar-refractivity contribution in [3.63, 3.8) is 0 Å². The second kappa shape index (κ2) is 4.77. The van der Waals surface area contributed by atoms with Crippen molar-refractivity contribution in [2.75, 3.05) is 21.2 Å². The number of carbonyl (C=O) groups is 1. The van der Waals surface area contributed by atoms with E-state index in [0.717, 1.165) is 24.1 Å². The fourth-order valence-corrected chi connectivity index (χ4v) is 1.33. The first kappa shape index (κ1) is 10.7. The number of carbonyl (C=O) groups excluding carboxylic acids is 1. The van der Waals surface area contributed by atoms with Gasteiger partial charge in [-0.25, -0.2) is 0 Å². The van der Waals surface area contributed by atoms with Crippen molar-refractivity contribution < 1.29 is 9.53 Å². The molecule has 76 valence electrons. The Balaban J connectivity index is 2.98. The molecule has 14 heavy (non-hydrogen) atoms. The SMILES string of the molecule is COc1cc(C=O)cc(CN(C)C)c1. The molecule has 0 aliphatic carbocycles. The summed E-state index contributed by atoms with van der Waals surface area (Å²) in [6, 6.07) is 5.54. The summed E-state index contributed by atoms with van der Waals surface area (Å²) < 4.78 is 5.10. The molecule has 1 aromatic rings. The lowest BCUT2D eigenvalue weighted by Crippen LogP contribution is -2.10. The van der Waals surface area contributed by atoms with E-state index in [-0.39, 0.29) is 0 Å². The van der Waals surface area contributed by atoms with Crippen LogP contribution >= 0.6 is 0 Å². The predicted octanol–water partition coefficient (Wildman–Crippen LogP) is 1.57. The van der Waals surface area contributed by atoms with E-state index < -0.39 is 0 Å². The summed E-state index contributed by atoms with van der Waals surface area (Å²) in [4.78, 5) is 12.7. The Bertz CT molecular complexity index is 321. The number of benzene rings is 1. The number of aldehydes is 1. The standard InChI is InChI=1S/C11H15NO2/c1-12(2)7-9-4-10(8-13)6-11(5-9)14-3/h4-6,8H,7H2,1-3H3. The molecule has 0 saturated carbocycles. The highest BCUT2D eigenvalue weighted by molar-refractivity contribution is 5.76. The van der Waals surface area contributed by atoms with Crippen LogP contribution in [0.25, 0.3) is 0 Å². The summed E-state index contributed by atoms with van der Waals surface area (Å²) in [5, 5.41) is 0. The molecule has 0 heterocycles. The van der Waals surface area contributed by atoms with Crippen LogP contribution < -0.4 is 4.74 Å². The Kier molecular flexibility index (Phi) is 3.65. The molecule has 1 rings (SSSR count). The Hall–Kier alpha value is -1.35. The molecule has 0 aromatic heterocycles. The lowest BCUT2D eigenvalue weighted by Gasteiger charge is -2.11. The van der Waals surface area contributed by atoms with E-state index in [0.29, 0.717) is 5.56 Å². The molecular weight excluding hydrogens is 178 g/mol. The quantitative estimate of drug-likeness (QED) is 0.680. The normalized spacial score (nSPS) is 10.3. The Morgan fingerprint density at radius 2 is 2.07 bits per heavy atom. The minimum atomic E-state index is 0.654. The Morgan fingerprint density at radius 3 is 2.57 bits per heavy atom. The first-order valence-corrected chi connectivity index (χ1v) is 4.43. The average molecular weight is 193 g/mol. The fourth-order valence-electron chi connectivity index (χ4n) is 1.33. The average Bonchev–Trinajstić information content (AvgIpc) is 2.16. The van der Waals surface area contributed by atoms with Crippen molar-refractivity contribution in [3.8, 4) is 5.75 Å². The van der Waals surface area contributed by atoms with E-state index in [1.54, 1.807) is 13.2 Å². The monoisotopic (exact) mass is 193 g/mol. The highest BCUT2D eigenvalue weighted by Gasteiger charge is 2.01.